The predicted molar refractivity (Wildman–Crippen MR) is 122 cm³/mol. The number of halogens is 2. The number of benzene rings is 2. The Morgan fingerprint density at radius 1 is 0.767 bits per heavy atom. The molecule has 0 bridgehead atoms. The van der Waals surface area contributed by atoms with E-state index in [9.17, 15) is 9.59 Å². The Balaban J connectivity index is 1.38. The molecule has 0 radical (unpaired) electrons. The number of carbonyl (C=O) groups excluding carboxylic acids is 2. The van der Waals surface area contributed by atoms with Crippen molar-refractivity contribution in [3.8, 4) is 0 Å². The van der Waals surface area contributed by atoms with Crippen LogP contribution in [0.2, 0.25) is 10.0 Å². The van der Waals surface area contributed by atoms with E-state index in [0.717, 1.165) is 25.7 Å². The second-order valence-electron chi connectivity index (χ2n) is 7.53. The lowest BCUT2D eigenvalue weighted by molar-refractivity contribution is 0.230. The van der Waals surface area contributed by atoms with Crippen LogP contribution in [0.4, 0.5) is 21.0 Å². The Labute approximate surface area is 186 Å². The molecule has 0 unspecified atom stereocenters. The van der Waals surface area contributed by atoms with Crippen LogP contribution in [-0.4, -0.2) is 25.2 Å². The Morgan fingerprint density at radius 2 is 1.20 bits per heavy atom. The van der Waals surface area contributed by atoms with Crippen molar-refractivity contribution in [1.29, 1.82) is 0 Å². The standard InChI is InChI=1S/C22H26Cl2N4O2/c23-17-8-1-3-10-19(17)27-21(29)25-13-15-6-5-7-16(12-15)14-26-22(30)28-20-11-4-2-9-18(20)24/h1-4,8-11,15-16H,5-7,12-14H2,(H2,25,27,29)(H2,26,28,30)/t15-,16+. The summed E-state index contributed by atoms with van der Waals surface area (Å²) in [6, 6.07) is 13.7. The summed E-state index contributed by atoms with van der Waals surface area (Å²) in [5.41, 5.74) is 1.18. The highest BCUT2D eigenvalue weighted by Gasteiger charge is 2.23. The summed E-state index contributed by atoms with van der Waals surface area (Å²) in [4.78, 5) is 24.3. The molecule has 3 rings (SSSR count). The van der Waals surface area contributed by atoms with Crippen molar-refractivity contribution in [3.05, 3.63) is 58.6 Å². The summed E-state index contributed by atoms with van der Waals surface area (Å²) in [6.45, 7) is 1.19. The topological polar surface area (TPSA) is 82.3 Å². The summed E-state index contributed by atoms with van der Waals surface area (Å²) in [7, 11) is 0. The molecular weight excluding hydrogens is 423 g/mol. The van der Waals surface area contributed by atoms with Gasteiger partial charge in [-0.15, -0.1) is 0 Å². The van der Waals surface area contributed by atoms with Gasteiger partial charge in [-0.2, -0.15) is 0 Å². The Hall–Kier alpha value is -2.44. The Bertz CT molecular complexity index is 808. The van der Waals surface area contributed by atoms with Crippen LogP contribution in [-0.2, 0) is 0 Å². The molecule has 1 saturated carbocycles. The molecule has 6 nitrogen and oxygen atoms in total. The number of urea groups is 2. The van der Waals surface area contributed by atoms with Gasteiger partial charge in [0.2, 0.25) is 0 Å². The molecule has 160 valence electrons. The van der Waals surface area contributed by atoms with Crippen molar-refractivity contribution in [2.24, 2.45) is 11.8 Å². The Kier molecular flexibility index (Phi) is 8.22. The zero-order valence-corrected chi connectivity index (χ0v) is 18.1. The molecule has 0 heterocycles. The van der Waals surface area contributed by atoms with Crippen LogP contribution >= 0.6 is 23.2 Å². The van der Waals surface area contributed by atoms with E-state index in [1.54, 1.807) is 24.3 Å². The molecule has 4 amide bonds. The zero-order chi connectivity index (χ0) is 21.3. The fourth-order valence-corrected chi connectivity index (χ4v) is 4.07. The molecule has 30 heavy (non-hydrogen) atoms. The number of hydrogen-bond acceptors (Lipinski definition) is 2. The quantitative estimate of drug-likeness (QED) is 0.453. The maximum Gasteiger partial charge on any atom is 0.319 e. The van der Waals surface area contributed by atoms with Gasteiger partial charge in [-0.3, -0.25) is 0 Å². The number of nitrogens with one attached hydrogen (secondary N) is 4. The predicted octanol–water partition coefficient (Wildman–Crippen LogP) is 5.74. The fraction of sp³-hybridized carbons (Fsp3) is 0.364. The number of rotatable bonds is 6. The lowest BCUT2D eigenvalue weighted by Crippen LogP contribution is -2.38. The normalized spacial score (nSPS) is 18.3. The molecule has 8 heteroatoms. The molecular formula is C22H26Cl2N4O2. The van der Waals surface area contributed by atoms with Gasteiger partial charge in [-0.1, -0.05) is 53.9 Å². The highest BCUT2D eigenvalue weighted by atomic mass is 35.5. The van der Waals surface area contributed by atoms with E-state index in [-0.39, 0.29) is 12.1 Å². The maximum atomic E-state index is 12.1. The Morgan fingerprint density at radius 3 is 1.63 bits per heavy atom. The lowest BCUT2D eigenvalue weighted by Gasteiger charge is -2.29. The van der Waals surface area contributed by atoms with Crippen LogP contribution in [0.1, 0.15) is 25.7 Å². The van der Waals surface area contributed by atoms with Crippen LogP contribution in [0.5, 0.6) is 0 Å². The summed E-state index contributed by atoms with van der Waals surface area (Å²) in [5, 5.41) is 12.4. The summed E-state index contributed by atoms with van der Waals surface area (Å²) < 4.78 is 0. The minimum Gasteiger partial charge on any atom is -0.338 e. The van der Waals surface area contributed by atoms with Gasteiger partial charge in [0.05, 0.1) is 21.4 Å². The van der Waals surface area contributed by atoms with E-state index in [4.69, 9.17) is 23.2 Å². The molecule has 0 aliphatic heterocycles. The van der Waals surface area contributed by atoms with Gasteiger partial charge in [0, 0.05) is 13.1 Å². The molecule has 2 aromatic carbocycles. The molecule has 1 aliphatic carbocycles. The molecule has 0 aromatic heterocycles. The second-order valence-corrected chi connectivity index (χ2v) is 8.34. The van der Waals surface area contributed by atoms with Crippen LogP contribution < -0.4 is 21.3 Å². The third-order valence-corrected chi connectivity index (χ3v) is 5.90. The average molecular weight is 449 g/mol. The van der Waals surface area contributed by atoms with E-state index >= 15 is 0 Å². The van der Waals surface area contributed by atoms with Crippen molar-refractivity contribution in [1.82, 2.24) is 10.6 Å². The largest absolute Gasteiger partial charge is 0.338 e. The SMILES string of the molecule is O=C(NC[C@H]1CCC[C@@H](CNC(=O)Nc2ccccc2Cl)C1)Nc1ccccc1Cl. The summed E-state index contributed by atoms with van der Waals surface area (Å²) in [6.07, 6.45) is 4.17. The molecule has 4 N–H and O–H groups in total. The molecule has 0 saturated heterocycles. The van der Waals surface area contributed by atoms with Gasteiger partial charge in [0.15, 0.2) is 0 Å². The zero-order valence-electron chi connectivity index (χ0n) is 16.6. The van der Waals surface area contributed by atoms with Crippen LogP contribution in [0.3, 0.4) is 0 Å². The first-order chi connectivity index (χ1) is 14.5. The number of anilines is 2. The number of carbonyl (C=O) groups is 2. The molecule has 0 spiro atoms. The first-order valence-corrected chi connectivity index (χ1v) is 10.9. The van der Waals surface area contributed by atoms with Crippen LogP contribution in [0.15, 0.2) is 48.5 Å². The molecule has 2 atom stereocenters. The first-order valence-electron chi connectivity index (χ1n) is 10.1. The van der Waals surface area contributed by atoms with Crippen molar-refractivity contribution >= 4 is 46.6 Å². The smallest absolute Gasteiger partial charge is 0.319 e. The van der Waals surface area contributed by atoms with Gasteiger partial charge in [0.25, 0.3) is 0 Å². The monoisotopic (exact) mass is 448 g/mol. The van der Waals surface area contributed by atoms with Gasteiger partial charge >= 0.3 is 12.1 Å². The highest BCUT2D eigenvalue weighted by molar-refractivity contribution is 6.34. The second kappa shape index (κ2) is 11.1. The highest BCUT2D eigenvalue weighted by Crippen LogP contribution is 2.28. The van der Waals surface area contributed by atoms with Gasteiger partial charge < -0.3 is 21.3 Å². The van der Waals surface area contributed by atoms with E-state index in [2.05, 4.69) is 21.3 Å². The van der Waals surface area contributed by atoms with E-state index < -0.39 is 0 Å². The van der Waals surface area contributed by atoms with Crippen LogP contribution in [0, 0.1) is 11.8 Å². The van der Waals surface area contributed by atoms with Gasteiger partial charge in [0.1, 0.15) is 0 Å². The van der Waals surface area contributed by atoms with Crippen molar-refractivity contribution in [2.45, 2.75) is 25.7 Å². The lowest BCUT2D eigenvalue weighted by atomic mass is 9.81. The number of amides is 4. The average Bonchev–Trinajstić information content (AvgIpc) is 2.74. The molecule has 2 aromatic rings. The summed E-state index contributed by atoms with van der Waals surface area (Å²) in [5.74, 6) is 0.767. The van der Waals surface area contributed by atoms with E-state index in [0.29, 0.717) is 46.3 Å². The third-order valence-electron chi connectivity index (χ3n) is 5.24. The molecule has 1 fully saturated rings. The van der Waals surface area contributed by atoms with Crippen molar-refractivity contribution in [3.63, 3.8) is 0 Å². The minimum atomic E-state index is -0.262. The first kappa shape index (κ1) is 22.2. The minimum absolute atomic E-state index is 0.262. The maximum absolute atomic E-state index is 12.1. The van der Waals surface area contributed by atoms with Crippen LogP contribution in [0.25, 0.3) is 0 Å². The fourth-order valence-electron chi connectivity index (χ4n) is 3.71. The van der Waals surface area contributed by atoms with Crippen molar-refractivity contribution in [2.75, 3.05) is 23.7 Å². The van der Waals surface area contributed by atoms with E-state index in [1.807, 2.05) is 24.3 Å². The molecule has 1 aliphatic rings. The number of hydrogen-bond donors (Lipinski definition) is 4. The summed E-state index contributed by atoms with van der Waals surface area (Å²) >= 11 is 12.1. The number of para-hydroxylation sites is 2. The van der Waals surface area contributed by atoms with Gasteiger partial charge in [-0.25, -0.2) is 9.59 Å². The van der Waals surface area contributed by atoms with Crippen molar-refractivity contribution < 1.29 is 9.59 Å². The van der Waals surface area contributed by atoms with E-state index in [1.165, 1.54) is 0 Å². The van der Waals surface area contributed by atoms with Gasteiger partial charge in [-0.05, 0) is 55.4 Å². The third kappa shape index (κ3) is 6.82.